The van der Waals surface area contributed by atoms with Gasteiger partial charge in [-0.1, -0.05) is 32.0 Å². The van der Waals surface area contributed by atoms with E-state index in [4.69, 9.17) is 0 Å². The number of hydrogen-bond acceptors (Lipinski definition) is 1. The molecule has 1 heterocycles. The molecule has 1 aliphatic heterocycles. The lowest BCUT2D eigenvalue weighted by Gasteiger charge is -2.27. The van der Waals surface area contributed by atoms with Crippen LogP contribution in [0.25, 0.3) is 0 Å². The van der Waals surface area contributed by atoms with Crippen molar-refractivity contribution in [2.24, 2.45) is 0 Å². The maximum Gasteiger partial charge on any atom is 0.329 e. The van der Waals surface area contributed by atoms with Crippen molar-refractivity contribution in [2.75, 3.05) is 6.54 Å². The quantitative estimate of drug-likeness (QED) is 0.704. The summed E-state index contributed by atoms with van der Waals surface area (Å²) in [5, 5.41) is 2.23. The summed E-state index contributed by atoms with van der Waals surface area (Å²) < 4.78 is 26.8. The topological polar surface area (TPSA) is 12.0 Å². The highest BCUT2D eigenvalue weighted by Gasteiger charge is 2.36. The van der Waals surface area contributed by atoms with Gasteiger partial charge >= 0.3 is 6.05 Å². The molecular weight excluding hydrogens is 196 g/mol. The molecule has 1 nitrogen and oxygen atoms in total. The Bertz CT molecular complexity index is 372. The molecule has 0 aliphatic carbocycles. The Kier molecular flexibility index (Phi) is 2.51. The molecule has 1 aliphatic rings. The molecule has 0 aromatic heterocycles. The van der Waals surface area contributed by atoms with Crippen molar-refractivity contribution in [3.8, 4) is 0 Å². The minimum atomic E-state index is -2.86. The van der Waals surface area contributed by atoms with Crippen LogP contribution in [0.5, 0.6) is 0 Å². The molecule has 3 heteroatoms. The van der Waals surface area contributed by atoms with Gasteiger partial charge < -0.3 is 0 Å². The maximum atomic E-state index is 13.4. The zero-order valence-electron chi connectivity index (χ0n) is 8.98. The SMILES string of the molecule is CC(C)c1ccc2c(c1)CCNC2(F)F. The summed E-state index contributed by atoms with van der Waals surface area (Å²) in [6.07, 6.45) is 0.686. The highest BCUT2D eigenvalue weighted by Crippen LogP contribution is 2.32. The molecule has 1 aromatic carbocycles. The number of halogens is 2. The third-order valence-corrected chi connectivity index (χ3v) is 2.88. The van der Waals surface area contributed by atoms with Gasteiger partial charge in [0.15, 0.2) is 0 Å². The molecular formula is C12H15F2N. The number of fused-ring (bicyclic) bond motifs is 1. The lowest BCUT2D eigenvalue weighted by atomic mass is 9.93. The fourth-order valence-corrected chi connectivity index (χ4v) is 1.94. The maximum absolute atomic E-state index is 13.4. The van der Waals surface area contributed by atoms with Gasteiger partial charge in [0.05, 0.1) is 0 Å². The van der Waals surface area contributed by atoms with Crippen molar-refractivity contribution < 1.29 is 8.78 Å². The van der Waals surface area contributed by atoms with Gasteiger partial charge in [0.1, 0.15) is 0 Å². The summed E-state index contributed by atoms with van der Waals surface area (Å²) in [6.45, 7) is 4.49. The Balaban J connectivity index is 2.45. The van der Waals surface area contributed by atoms with E-state index in [2.05, 4.69) is 19.2 Å². The molecule has 0 amide bonds. The van der Waals surface area contributed by atoms with Gasteiger partial charge in [-0.3, -0.25) is 5.32 Å². The van der Waals surface area contributed by atoms with Gasteiger partial charge in [0.25, 0.3) is 0 Å². The van der Waals surface area contributed by atoms with Crippen LogP contribution in [-0.4, -0.2) is 6.54 Å². The first-order valence-electron chi connectivity index (χ1n) is 5.27. The van der Waals surface area contributed by atoms with Gasteiger partial charge in [-0.05, 0) is 23.5 Å². The minimum Gasteiger partial charge on any atom is -0.254 e. The van der Waals surface area contributed by atoms with Gasteiger partial charge in [0, 0.05) is 12.1 Å². The first-order chi connectivity index (χ1) is 7.00. The molecule has 82 valence electrons. The molecule has 0 radical (unpaired) electrons. The average molecular weight is 211 g/mol. The van der Waals surface area contributed by atoms with Gasteiger partial charge in [-0.15, -0.1) is 0 Å². The second kappa shape index (κ2) is 3.56. The van der Waals surface area contributed by atoms with Crippen molar-refractivity contribution in [1.82, 2.24) is 5.32 Å². The number of hydrogen-bond donors (Lipinski definition) is 1. The molecule has 0 unspecified atom stereocenters. The Morgan fingerprint density at radius 2 is 2.07 bits per heavy atom. The Hall–Kier alpha value is -0.960. The summed E-state index contributed by atoms with van der Waals surface area (Å²) in [5.74, 6) is 0.388. The van der Waals surface area contributed by atoms with E-state index >= 15 is 0 Å². The Morgan fingerprint density at radius 3 is 2.73 bits per heavy atom. The fraction of sp³-hybridized carbons (Fsp3) is 0.500. The summed E-state index contributed by atoms with van der Waals surface area (Å²) in [6, 6.07) is 2.40. The summed E-state index contributed by atoms with van der Waals surface area (Å²) in [5.41, 5.74) is 2.05. The van der Waals surface area contributed by atoms with E-state index in [1.165, 1.54) is 0 Å². The minimum absolute atomic E-state index is 0.137. The third kappa shape index (κ3) is 1.88. The molecule has 1 aromatic rings. The molecule has 2 rings (SSSR count). The van der Waals surface area contributed by atoms with Crippen molar-refractivity contribution >= 4 is 0 Å². The third-order valence-electron chi connectivity index (χ3n) is 2.88. The first kappa shape index (κ1) is 10.6. The standard InChI is InChI=1S/C12H15F2N/c1-8(2)9-3-4-11-10(7-9)5-6-15-12(11,13)14/h3-4,7-8,15H,5-6H2,1-2H3. The van der Waals surface area contributed by atoms with E-state index in [9.17, 15) is 8.78 Å². The van der Waals surface area contributed by atoms with Gasteiger partial charge in [-0.25, -0.2) is 0 Å². The number of nitrogens with one attached hydrogen (secondary N) is 1. The van der Waals surface area contributed by atoms with Crippen molar-refractivity contribution in [1.29, 1.82) is 0 Å². The van der Waals surface area contributed by atoms with E-state index in [1.54, 1.807) is 12.1 Å². The van der Waals surface area contributed by atoms with Crippen molar-refractivity contribution in [3.05, 3.63) is 34.9 Å². The van der Waals surface area contributed by atoms with Crippen LogP contribution in [0.2, 0.25) is 0 Å². The van der Waals surface area contributed by atoms with Crippen molar-refractivity contribution in [3.63, 3.8) is 0 Å². The monoisotopic (exact) mass is 211 g/mol. The fourth-order valence-electron chi connectivity index (χ4n) is 1.94. The number of alkyl halides is 2. The van der Waals surface area contributed by atoms with Crippen LogP contribution in [0.3, 0.4) is 0 Å². The van der Waals surface area contributed by atoms with Crippen LogP contribution in [0, 0.1) is 0 Å². The molecule has 0 saturated heterocycles. The average Bonchev–Trinajstić information content (AvgIpc) is 2.16. The van der Waals surface area contributed by atoms with E-state index in [0.717, 1.165) is 11.1 Å². The highest BCUT2D eigenvalue weighted by atomic mass is 19.3. The number of rotatable bonds is 1. The van der Waals surface area contributed by atoms with E-state index in [0.29, 0.717) is 18.9 Å². The van der Waals surface area contributed by atoms with Crippen molar-refractivity contribution in [2.45, 2.75) is 32.2 Å². The molecule has 0 bridgehead atoms. The van der Waals surface area contributed by atoms with Crippen LogP contribution in [0.4, 0.5) is 8.78 Å². The van der Waals surface area contributed by atoms with Crippen LogP contribution in [0.15, 0.2) is 18.2 Å². The van der Waals surface area contributed by atoms with Crippen LogP contribution >= 0.6 is 0 Å². The first-order valence-corrected chi connectivity index (χ1v) is 5.27. The zero-order chi connectivity index (χ0) is 11.1. The smallest absolute Gasteiger partial charge is 0.254 e. The molecule has 0 atom stereocenters. The molecule has 0 saturated carbocycles. The lowest BCUT2D eigenvalue weighted by Crippen LogP contribution is -2.40. The molecule has 15 heavy (non-hydrogen) atoms. The van der Waals surface area contributed by atoms with Crippen LogP contribution in [0.1, 0.15) is 36.5 Å². The molecule has 1 N–H and O–H groups in total. The Morgan fingerprint density at radius 1 is 1.33 bits per heavy atom. The highest BCUT2D eigenvalue weighted by molar-refractivity contribution is 5.37. The zero-order valence-corrected chi connectivity index (χ0v) is 8.98. The van der Waals surface area contributed by atoms with Crippen LogP contribution in [-0.2, 0) is 12.5 Å². The van der Waals surface area contributed by atoms with Gasteiger partial charge in [0.2, 0.25) is 0 Å². The normalized spacial score (nSPS) is 19.0. The molecule has 0 spiro atoms. The van der Waals surface area contributed by atoms with E-state index in [1.807, 2.05) is 6.07 Å². The van der Waals surface area contributed by atoms with E-state index < -0.39 is 6.05 Å². The van der Waals surface area contributed by atoms with Crippen LogP contribution < -0.4 is 5.32 Å². The summed E-state index contributed by atoms with van der Waals surface area (Å²) in [7, 11) is 0. The predicted octanol–water partition coefficient (Wildman–Crippen LogP) is 3.01. The van der Waals surface area contributed by atoms with Gasteiger partial charge in [-0.2, -0.15) is 8.78 Å². The Labute approximate surface area is 88.5 Å². The second-order valence-electron chi connectivity index (χ2n) is 4.32. The predicted molar refractivity (Wildman–Crippen MR) is 56.1 cm³/mol. The lowest BCUT2D eigenvalue weighted by molar-refractivity contribution is -0.0468. The second-order valence-corrected chi connectivity index (χ2v) is 4.32. The largest absolute Gasteiger partial charge is 0.329 e. The summed E-state index contributed by atoms with van der Waals surface area (Å²) >= 11 is 0. The number of benzene rings is 1. The summed E-state index contributed by atoms with van der Waals surface area (Å²) in [4.78, 5) is 0. The molecule has 0 fully saturated rings. The van der Waals surface area contributed by atoms with E-state index in [-0.39, 0.29) is 5.56 Å².